The molecule has 7 heteroatoms. The third-order valence-corrected chi connectivity index (χ3v) is 4.87. The average molecular weight is 422 g/mol. The Labute approximate surface area is 183 Å². The first-order valence-corrected chi connectivity index (χ1v) is 10.4. The predicted molar refractivity (Wildman–Crippen MR) is 122 cm³/mol. The van der Waals surface area contributed by atoms with E-state index in [-0.39, 0.29) is 16.7 Å². The second-order valence-electron chi connectivity index (χ2n) is 9.65. The number of nitrogens with one attached hydrogen (secondary N) is 1. The van der Waals surface area contributed by atoms with Crippen LogP contribution in [0.15, 0.2) is 48.8 Å². The highest BCUT2D eigenvalue weighted by Crippen LogP contribution is 2.26. The van der Waals surface area contributed by atoms with Crippen molar-refractivity contribution in [2.75, 3.05) is 5.32 Å². The van der Waals surface area contributed by atoms with Crippen molar-refractivity contribution in [2.45, 2.75) is 65.4 Å². The monoisotopic (exact) mass is 421 g/mol. The molecule has 1 amide bonds. The van der Waals surface area contributed by atoms with Crippen LogP contribution < -0.4 is 10.1 Å². The number of benzene rings is 1. The van der Waals surface area contributed by atoms with E-state index in [9.17, 15) is 4.79 Å². The maximum absolute atomic E-state index is 12.9. The van der Waals surface area contributed by atoms with Gasteiger partial charge in [-0.1, -0.05) is 53.7 Å². The lowest BCUT2D eigenvalue weighted by molar-refractivity contribution is -0.122. The zero-order valence-corrected chi connectivity index (χ0v) is 19.3. The molecule has 1 atom stereocenters. The molecule has 0 aliphatic heterocycles. The van der Waals surface area contributed by atoms with Gasteiger partial charge < -0.3 is 10.1 Å². The molecule has 0 fully saturated rings. The molecule has 0 bridgehead atoms. The van der Waals surface area contributed by atoms with Gasteiger partial charge in [0.25, 0.3) is 11.9 Å². The van der Waals surface area contributed by atoms with Gasteiger partial charge in [0.05, 0.1) is 5.69 Å². The summed E-state index contributed by atoms with van der Waals surface area (Å²) in [4.78, 5) is 21.4. The Morgan fingerprint density at radius 2 is 1.61 bits per heavy atom. The Hall–Kier alpha value is -3.22. The van der Waals surface area contributed by atoms with E-state index >= 15 is 0 Å². The van der Waals surface area contributed by atoms with Crippen molar-refractivity contribution in [3.05, 3.63) is 60.0 Å². The molecule has 3 aromatic rings. The first kappa shape index (κ1) is 22.5. The van der Waals surface area contributed by atoms with Gasteiger partial charge >= 0.3 is 0 Å². The number of hydrogen-bond acceptors (Lipinski definition) is 5. The number of anilines is 1. The lowest BCUT2D eigenvalue weighted by Gasteiger charge is -2.20. The second-order valence-corrected chi connectivity index (χ2v) is 9.65. The Morgan fingerprint density at radius 3 is 2.16 bits per heavy atom. The summed E-state index contributed by atoms with van der Waals surface area (Å²) >= 11 is 0. The molecule has 0 saturated heterocycles. The molecule has 0 spiro atoms. The van der Waals surface area contributed by atoms with Gasteiger partial charge in [0.1, 0.15) is 11.6 Å². The quantitative estimate of drug-likeness (QED) is 0.648. The summed E-state index contributed by atoms with van der Waals surface area (Å²) in [6, 6.07) is 11.4. The van der Waals surface area contributed by atoms with Crippen molar-refractivity contribution in [1.82, 2.24) is 19.7 Å². The lowest BCUT2D eigenvalue weighted by atomic mass is 9.87. The van der Waals surface area contributed by atoms with Crippen LogP contribution in [0.2, 0.25) is 0 Å². The van der Waals surface area contributed by atoms with E-state index in [0.717, 1.165) is 5.69 Å². The van der Waals surface area contributed by atoms with Gasteiger partial charge in [0.15, 0.2) is 6.10 Å². The number of aromatic nitrogens is 4. The minimum Gasteiger partial charge on any atom is -0.481 e. The Morgan fingerprint density at radius 1 is 1.00 bits per heavy atom. The summed E-state index contributed by atoms with van der Waals surface area (Å²) in [5.74, 6) is 1.25. The molecule has 0 aliphatic rings. The average Bonchev–Trinajstić information content (AvgIpc) is 3.12. The first-order valence-electron chi connectivity index (χ1n) is 10.4. The molecule has 0 aliphatic carbocycles. The summed E-state index contributed by atoms with van der Waals surface area (Å²) in [7, 11) is 0. The van der Waals surface area contributed by atoms with Crippen LogP contribution in [0, 0.1) is 0 Å². The number of nitrogens with zero attached hydrogens (tertiary/aromatic N) is 4. The van der Waals surface area contributed by atoms with Gasteiger partial charge in [-0.25, -0.2) is 9.97 Å². The number of carbonyl (C=O) groups excluding carboxylic acids is 1. The minimum absolute atomic E-state index is 0.0597. The van der Waals surface area contributed by atoms with Crippen molar-refractivity contribution < 1.29 is 9.53 Å². The number of rotatable bonds is 5. The number of amides is 1. The maximum atomic E-state index is 12.9. The molecule has 1 N–H and O–H groups in total. The summed E-state index contributed by atoms with van der Waals surface area (Å²) in [5, 5.41) is 7.53. The van der Waals surface area contributed by atoms with E-state index < -0.39 is 6.10 Å². The van der Waals surface area contributed by atoms with Gasteiger partial charge in [-0.2, -0.15) is 9.78 Å². The third-order valence-electron chi connectivity index (χ3n) is 4.87. The zero-order valence-electron chi connectivity index (χ0n) is 19.3. The SMILES string of the molecule is CC(Oc1ccc(C(C)(C)C)cc1)C(=O)Nc1cc(C(C)(C)C)nn1-c1ncccn1. The summed E-state index contributed by atoms with van der Waals surface area (Å²) in [6.07, 6.45) is 2.58. The summed E-state index contributed by atoms with van der Waals surface area (Å²) in [6.45, 7) is 14.4. The molecule has 2 aromatic heterocycles. The minimum atomic E-state index is -0.696. The van der Waals surface area contributed by atoms with Gasteiger partial charge in [-0.3, -0.25) is 4.79 Å². The van der Waals surface area contributed by atoms with Crippen LogP contribution in [0.3, 0.4) is 0 Å². The van der Waals surface area contributed by atoms with Crippen LogP contribution in [-0.4, -0.2) is 31.8 Å². The molecule has 1 unspecified atom stereocenters. The van der Waals surface area contributed by atoms with Crippen LogP contribution in [0.1, 0.15) is 59.7 Å². The van der Waals surface area contributed by atoms with Crippen LogP contribution >= 0.6 is 0 Å². The Bertz CT molecular complexity index is 1030. The number of ether oxygens (including phenoxy) is 1. The van der Waals surface area contributed by atoms with Crippen LogP contribution in [0.5, 0.6) is 5.75 Å². The molecule has 0 saturated carbocycles. The van der Waals surface area contributed by atoms with E-state index in [1.54, 1.807) is 30.1 Å². The topological polar surface area (TPSA) is 81.9 Å². The van der Waals surface area contributed by atoms with Crippen molar-refractivity contribution in [3.63, 3.8) is 0 Å². The van der Waals surface area contributed by atoms with Gasteiger partial charge in [0, 0.05) is 23.9 Å². The Kier molecular flexibility index (Phi) is 6.15. The molecule has 3 rings (SSSR count). The summed E-state index contributed by atoms with van der Waals surface area (Å²) < 4.78 is 7.41. The Balaban J connectivity index is 1.78. The first-order chi connectivity index (χ1) is 14.4. The molecule has 164 valence electrons. The lowest BCUT2D eigenvalue weighted by Crippen LogP contribution is -2.31. The van der Waals surface area contributed by atoms with Gasteiger partial charge in [-0.05, 0) is 36.1 Å². The van der Waals surface area contributed by atoms with E-state index in [0.29, 0.717) is 17.5 Å². The van der Waals surface area contributed by atoms with Gasteiger partial charge in [-0.15, -0.1) is 0 Å². The molecule has 7 nitrogen and oxygen atoms in total. The van der Waals surface area contributed by atoms with Crippen molar-refractivity contribution in [3.8, 4) is 11.7 Å². The van der Waals surface area contributed by atoms with Crippen molar-refractivity contribution >= 4 is 11.7 Å². The summed E-state index contributed by atoms with van der Waals surface area (Å²) in [5.41, 5.74) is 1.89. The fraction of sp³-hybridized carbons (Fsp3) is 0.417. The van der Waals surface area contributed by atoms with Crippen molar-refractivity contribution in [1.29, 1.82) is 0 Å². The second kappa shape index (κ2) is 8.49. The highest BCUT2D eigenvalue weighted by atomic mass is 16.5. The maximum Gasteiger partial charge on any atom is 0.266 e. The van der Waals surface area contributed by atoms with Crippen LogP contribution in [-0.2, 0) is 15.6 Å². The smallest absolute Gasteiger partial charge is 0.266 e. The molecular weight excluding hydrogens is 390 g/mol. The molecular formula is C24H31N5O2. The molecule has 1 aromatic carbocycles. The van der Waals surface area contributed by atoms with E-state index in [1.807, 2.05) is 30.3 Å². The molecule has 2 heterocycles. The highest BCUT2D eigenvalue weighted by molar-refractivity contribution is 5.93. The van der Waals surface area contributed by atoms with E-state index in [2.05, 4.69) is 61.9 Å². The fourth-order valence-corrected chi connectivity index (χ4v) is 2.91. The molecule has 0 radical (unpaired) electrons. The standard InChI is InChI=1S/C24H31N5O2/c1-16(31-18-11-9-17(10-12-18)23(2,3)4)21(30)27-20-15-19(24(5,6)7)28-29(20)22-25-13-8-14-26-22/h8-16H,1-7H3,(H,27,30). The fourth-order valence-electron chi connectivity index (χ4n) is 2.91. The predicted octanol–water partition coefficient (Wildman–Crippen LogP) is 4.66. The largest absolute Gasteiger partial charge is 0.481 e. The van der Waals surface area contributed by atoms with Gasteiger partial charge in [0.2, 0.25) is 0 Å². The van der Waals surface area contributed by atoms with E-state index in [1.165, 1.54) is 5.56 Å². The number of hydrogen-bond donors (Lipinski definition) is 1. The molecule has 31 heavy (non-hydrogen) atoms. The van der Waals surface area contributed by atoms with E-state index in [4.69, 9.17) is 4.74 Å². The zero-order chi connectivity index (χ0) is 22.8. The highest BCUT2D eigenvalue weighted by Gasteiger charge is 2.24. The van der Waals surface area contributed by atoms with Crippen LogP contribution in [0.4, 0.5) is 5.82 Å². The number of carbonyl (C=O) groups is 1. The van der Waals surface area contributed by atoms with Crippen molar-refractivity contribution in [2.24, 2.45) is 0 Å². The normalized spacial score (nSPS) is 13.0. The third kappa shape index (κ3) is 5.48. The van der Waals surface area contributed by atoms with Crippen LogP contribution in [0.25, 0.3) is 5.95 Å².